The first kappa shape index (κ1) is 16.9. The Hall–Kier alpha value is -3.28. The molecule has 8 heteroatoms. The van der Waals surface area contributed by atoms with Gasteiger partial charge in [-0.3, -0.25) is 5.41 Å². The summed E-state index contributed by atoms with van der Waals surface area (Å²) in [6.07, 6.45) is 1.67. The lowest BCUT2D eigenvalue weighted by Crippen LogP contribution is -2.60. The number of rotatable bonds is 1. The second kappa shape index (κ2) is 5.38. The van der Waals surface area contributed by atoms with Gasteiger partial charge in [-0.2, -0.15) is 15.8 Å². The highest BCUT2D eigenvalue weighted by Crippen LogP contribution is 2.69. The fraction of sp³-hybridized carbons (Fsp3) is 0.500. The second-order valence-corrected chi connectivity index (χ2v) is 7.60. The van der Waals surface area contributed by atoms with Crippen LogP contribution in [0.4, 0.5) is 0 Å². The normalized spacial score (nSPS) is 36.4. The summed E-state index contributed by atoms with van der Waals surface area (Å²) >= 11 is 0. The van der Waals surface area contributed by atoms with Crippen LogP contribution >= 0.6 is 0 Å². The van der Waals surface area contributed by atoms with Crippen molar-refractivity contribution < 1.29 is 18.9 Å². The summed E-state index contributed by atoms with van der Waals surface area (Å²) in [4.78, 5) is 0. The van der Waals surface area contributed by atoms with E-state index >= 15 is 0 Å². The van der Waals surface area contributed by atoms with Gasteiger partial charge in [0.1, 0.15) is 6.10 Å². The fourth-order valence-corrected chi connectivity index (χ4v) is 5.24. The minimum atomic E-state index is -1.92. The fourth-order valence-electron chi connectivity index (χ4n) is 5.24. The summed E-state index contributed by atoms with van der Waals surface area (Å²) in [5.41, 5.74) is -3.08. The van der Waals surface area contributed by atoms with E-state index in [1.54, 1.807) is 18.2 Å². The molecule has 0 amide bonds. The zero-order valence-electron chi connectivity index (χ0n) is 14.9. The van der Waals surface area contributed by atoms with Gasteiger partial charge >= 0.3 is 0 Å². The molecule has 0 spiro atoms. The van der Waals surface area contributed by atoms with Crippen molar-refractivity contribution in [2.24, 2.45) is 16.7 Å². The van der Waals surface area contributed by atoms with Crippen LogP contribution in [-0.2, 0) is 9.47 Å². The van der Waals surface area contributed by atoms with Crippen molar-refractivity contribution in [2.75, 3.05) is 6.79 Å². The van der Waals surface area contributed by atoms with Gasteiger partial charge < -0.3 is 18.9 Å². The molecular formula is C20H16N4O4. The van der Waals surface area contributed by atoms with E-state index in [0.717, 1.165) is 12.8 Å². The van der Waals surface area contributed by atoms with Gasteiger partial charge in [0.05, 0.1) is 24.1 Å². The molecule has 4 aliphatic rings. The smallest absolute Gasteiger partial charge is 0.231 e. The van der Waals surface area contributed by atoms with E-state index in [2.05, 4.69) is 18.2 Å². The molecule has 0 unspecified atom stereocenters. The van der Waals surface area contributed by atoms with E-state index in [4.69, 9.17) is 24.4 Å². The van der Waals surface area contributed by atoms with Crippen LogP contribution in [0.25, 0.3) is 0 Å². The maximum Gasteiger partial charge on any atom is 0.231 e. The first-order valence-corrected chi connectivity index (χ1v) is 9.16. The molecule has 1 N–H and O–H groups in total. The first-order valence-electron chi connectivity index (χ1n) is 9.16. The minimum absolute atomic E-state index is 0.0911. The van der Waals surface area contributed by atoms with Crippen LogP contribution in [0.5, 0.6) is 11.5 Å². The summed E-state index contributed by atoms with van der Waals surface area (Å²) < 4.78 is 23.0. The highest BCUT2D eigenvalue weighted by Gasteiger charge is 2.80. The molecule has 1 aromatic carbocycles. The number of nitrogens with one attached hydrogen (secondary N) is 1. The van der Waals surface area contributed by atoms with Gasteiger partial charge in [-0.1, -0.05) is 12.5 Å². The van der Waals surface area contributed by atoms with E-state index < -0.39 is 28.6 Å². The standard InChI is InChI=1S/C20H16N4O4/c21-8-18(9-22)16(12-4-5-13-14(7-12)26-11-25-13)27-20-6-2-1-3-15(20)19(18,10-23)17(24)28-20/h4-5,7,15-16,24H,1-3,6,11H2/t15-,16+,19+,20-/m1/s1. The Morgan fingerprint density at radius 2 is 1.82 bits per heavy atom. The van der Waals surface area contributed by atoms with E-state index in [1.807, 2.05) is 0 Å². The van der Waals surface area contributed by atoms with Crippen LogP contribution in [0.3, 0.4) is 0 Å². The first-order chi connectivity index (χ1) is 13.6. The molecule has 28 heavy (non-hydrogen) atoms. The van der Waals surface area contributed by atoms with Gasteiger partial charge in [0.25, 0.3) is 0 Å². The van der Waals surface area contributed by atoms with Gasteiger partial charge in [-0.15, -0.1) is 0 Å². The van der Waals surface area contributed by atoms with Crippen molar-refractivity contribution in [1.29, 1.82) is 21.2 Å². The summed E-state index contributed by atoms with van der Waals surface area (Å²) in [5.74, 6) is -0.981. The maximum atomic E-state index is 10.2. The topological polar surface area (TPSA) is 132 Å². The molecule has 8 nitrogen and oxygen atoms in total. The van der Waals surface area contributed by atoms with E-state index in [0.29, 0.717) is 29.9 Å². The third kappa shape index (κ3) is 1.69. The highest BCUT2D eigenvalue weighted by atomic mass is 16.7. The van der Waals surface area contributed by atoms with Gasteiger partial charge in [0, 0.05) is 6.42 Å². The molecule has 0 aromatic heterocycles. The number of hydrogen-bond acceptors (Lipinski definition) is 8. The average molecular weight is 376 g/mol. The number of benzene rings is 1. The third-order valence-electron chi connectivity index (χ3n) is 6.52. The van der Waals surface area contributed by atoms with Crippen molar-refractivity contribution in [1.82, 2.24) is 0 Å². The highest BCUT2D eigenvalue weighted by molar-refractivity contribution is 5.89. The zero-order chi connectivity index (χ0) is 19.6. The van der Waals surface area contributed by atoms with Gasteiger partial charge in [-0.05, 0) is 30.5 Å². The number of ether oxygens (including phenoxy) is 4. The Bertz CT molecular complexity index is 1000. The molecular weight excluding hydrogens is 360 g/mol. The molecule has 3 fully saturated rings. The predicted molar refractivity (Wildman–Crippen MR) is 91.6 cm³/mol. The minimum Gasteiger partial charge on any atom is -0.454 e. The molecule has 4 atom stereocenters. The second-order valence-electron chi connectivity index (χ2n) is 7.60. The van der Waals surface area contributed by atoms with Crippen LogP contribution in [0.15, 0.2) is 18.2 Å². The molecule has 2 bridgehead atoms. The van der Waals surface area contributed by atoms with Crippen LogP contribution in [0.2, 0.25) is 0 Å². The Morgan fingerprint density at radius 3 is 2.57 bits per heavy atom. The number of hydrogen-bond donors (Lipinski definition) is 1. The molecule has 1 saturated carbocycles. The maximum absolute atomic E-state index is 10.2. The van der Waals surface area contributed by atoms with E-state index in [1.165, 1.54) is 0 Å². The number of nitriles is 3. The van der Waals surface area contributed by atoms with Crippen molar-refractivity contribution in [3.05, 3.63) is 23.8 Å². The van der Waals surface area contributed by atoms with Crippen LogP contribution in [0.1, 0.15) is 37.4 Å². The molecule has 3 heterocycles. The lowest BCUT2D eigenvalue weighted by atomic mass is 9.51. The van der Waals surface area contributed by atoms with E-state index in [-0.39, 0.29) is 12.7 Å². The monoisotopic (exact) mass is 376 g/mol. The quantitative estimate of drug-likeness (QED) is 0.796. The lowest BCUT2D eigenvalue weighted by Gasteiger charge is -2.51. The lowest BCUT2D eigenvalue weighted by molar-refractivity contribution is -0.294. The van der Waals surface area contributed by atoms with Crippen LogP contribution < -0.4 is 9.47 Å². The summed E-state index contributed by atoms with van der Waals surface area (Å²) in [6, 6.07) is 11.4. The van der Waals surface area contributed by atoms with Gasteiger partial charge in [0.15, 0.2) is 16.9 Å². The zero-order valence-corrected chi connectivity index (χ0v) is 14.9. The largest absolute Gasteiger partial charge is 0.454 e. The molecule has 3 aliphatic heterocycles. The van der Waals surface area contributed by atoms with Crippen molar-refractivity contribution in [3.63, 3.8) is 0 Å². The van der Waals surface area contributed by atoms with Gasteiger partial charge in [-0.25, -0.2) is 0 Å². The predicted octanol–water partition coefficient (Wildman–Crippen LogP) is 2.92. The molecule has 1 aliphatic carbocycles. The van der Waals surface area contributed by atoms with Crippen LogP contribution in [-0.4, -0.2) is 18.5 Å². The molecule has 2 saturated heterocycles. The SMILES string of the molecule is N#CC1(C#N)[C@H](c2ccc3c(c2)OCO3)O[C@@]23CCCC[C@@H]2[C@@]1(C#N)C(=N)O3. The Labute approximate surface area is 161 Å². The molecule has 0 radical (unpaired) electrons. The summed E-state index contributed by atoms with van der Waals surface area (Å²) in [7, 11) is 0. The Kier molecular flexibility index (Phi) is 3.24. The number of nitrogens with zero attached hydrogens (tertiary/aromatic N) is 3. The third-order valence-corrected chi connectivity index (χ3v) is 6.52. The molecule has 1 aromatic rings. The van der Waals surface area contributed by atoms with Gasteiger partial charge in [0.2, 0.25) is 23.9 Å². The molecule has 140 valence electrons. The van der Waals surface area contributed by atoms with Crippen molar-refractivity contribution in [2.45, 2.75) is 37.6 Å². The van der Waals surface area contributed by atoms with E-state index in [9.17, 15) is 15.8 Å². The number of fused-ring (bicyclic) bond motifs is 1. The molecule has 5 rings (SSSR count). The summed E-state index contributed by atoms with van der Waals surface area (Å²) in [5, 5.41) is 39.1. The average Bonchev–Trinajstić information content (AvgIpc) is 3.27. The van der Waals surface area contributed by atoms with Crippen LogP contribution in [0, 0.1) is 56.2 Å². The van der Waals surface area contributed by atoms with Crippen molar-refractivity contribution >= 4 is 5.90 Å². The Morgan fingerprint density at radius 1 is 1.04 bits per heavy atom. The van der Waals surface area contributed by atoms with Crippen molar-refractivity contribution in [3.8, 4) is 29.7 Å². The summed E-state index contributed by atoms with van der Waals surface area (Å²) in [6.45, 7) is 0.0911. The Balaban J connectivity index is 1.75.